The lowest BCUT2D eigenvalue weighted by Gasteiger charge is -2.07. The van der Waals surface area contributed by atoms with Crippen LogP contribution < -0.4 is 0 Å². The summed E-state index contributed by atoms with van der Waals surface area (Å²) in [7, 11) is 0. The Hall–Kier alpha value is -2.82. The number of hydrogen-bond donors (Lipinski definition) is 1. The molecule has 3 aromatic rings. The van der Waals surface area contributed by atoms with Gasteiger partial charge >= 0.3 is 0 Å². The van der Waals surface area contributed by atoms with Gasteiger partial charge < -0.3 is 5.11 Å². The van der Waals surface area contributed by atoms with Gasteiger partial charge in [0.25, 0.3) is 0 Å². The highest BCUT2D eigenvalue weighted by atomic mass is 32.2. The minimum atomic E-state index is -0.0419. The second-order valence-corrected chi connectivity index (χ2v) is 6.60. The Bertz CT molecular complexity index is 978. The maximum atomic E-state index is 11.9. The van der Waals surface area contributed by atoms with Crippen LogP contribution in [-0.2, 0) is 10.9 Å². The molecule has 0 spiro atoms. The van der Waals surface area contributed by atoms with Gasteiger partial charge in [0.15, 0.2) is 0 Å². The molecule has 0 aliphatic heterocycles. The van der Waals surface area contributed by atoms with E-state index in [-0.39, 0.29) is 11.3 Å². The zero-order chi connectivity index (χ0) is 18.7. The van der Waals surface area contributed by atoms with Crippen molar-refractivity contribution in [3.05, 3.63) is 65.0 Å². The van der Waals surface area contributed by atoms with Gasteiger partial charge in [-0.15, -0.1) is 4.39 Å². The Kier molecular flexibility index (Phi) is 5.26. The maximum Gasteiger partial charge on any atom is 0.133 e. The van der Waals surface area contributed by atoms with E-state index < -0.39 is 0 Å². The minimum absolute atomic E-state index is 0.0419. The third-order valence-corrected chi connectivity index (χ3v) is 4.70. The Labute approximate surface area is 154 Å². The molecule has 1 N–H and O–H groups in total. The van der Waals surface area contributed by atoms with Gasteiger partial charge in [-0.2, -0.15) is 10.4 Å². The number of phenols is 1. The van der Waals surface area contributed by atoms with Crippen LogP contribution in [0.2, 0.25) is 0 Å². The first-order valence-corrected chi connectivity index (χ1v) is 8.59. The first-order valence-electron chi connectivity index (χ1n) is 7.85. The average Bonchev–Trinajstić information content (AvgIpc) is 2.90. The molecule has 0 saturated heterocycles. The van der Waals surface area contributed by atoms with Gasteiger partial charge in [-0.1, -0.05) is 18.2 Å². The molecular weight excluding hydrogens is 353 g/mol. The normalized spacial score (nSPS) is 10.7. The van der Waals surface area contributed by atoms with E-state index in [1.54, 1.807) is 24.3 Å². The summed E-state index contributed by atoms with van der Waals surface area (Å²) < 4.78 is 17.3. The molecule has 2 aromatic carbocycles. The molecule has 0 saturated carbocycles. The summed E-state index contributed by atoms with van der Waals surface area (Å²) in [5.41, 5.74) is 4.80. The van der Waals surface area contributed by atoms with Crippen molar-refractivity contribution in [2.45, 2.75) is 25.3 Å². The van der Waals surface area contributed by atoms with Gasteiger partial charge in [-0.05, 0) is 53.8 Å². The number of aromatic hydroxyl groups is 1. The first-order chi connectivity index (χ1) is 12.5. The quantitative estimate of drug-likeness (QED) is 0.660. The van der Waals surface area contributed by atoms with Crippen molar-refractivity contribution in [2.24, 2.45) is 0 Å². The Balaban J connectivity index is 1.91. The lowest BCUT2D eigenvalue weighted by Crippen LogP contribution is -2.04. The molecule has 0 aliphatic carbocycles. The summed E-state index contributed by atoms with van der Waals surface area (Å²) >= 11 is 0.666. The highest BCUT2D eigenvalue weighted by Crippen LogP contribution is 2.31. The van der Waals surface area contributed by atoms with Gasteiger partial charge in [0, 0.05) is 16.2 Å². The Morgan fingerprint density at radius 2 is 1.96 bits per heavy atom. The molecule has 26 heavy (non-hydrogen) atoms. The van der Waals surface area contributed by atoms with E-state index in [9.17, 15) is 9.63 Å². The van der Waals surface area contributed by atoms with Gasteiger partial charge in [0.1, 0.15) is 11.8 Å². The fraction of sp³-hybridized carbons (Fsp3) is 0.158. The number of phenolic OH excluding ortho intramolecular Hbond substituents is 1. The first kappa shape index (κ1) is 18.0. The number of halogens is 1. The molecule has 0 atom stereocenters. The standard InChI is InChI=1S/C19H16FN3O2S/c1-12-19(15-5-6-16(10-21)18(24)9-15)13(2)23(22-12)11-14-3-7-17(8-4-14)26-25-20/h3-9,24H,11H2,1-2H3. The molecule has 132 valence electrons. The van der Waals surface area contributed by atoms with Crippen LogP contribution in [0.1, 0.15) is 22.5 Å². The average molecular weight is 369 g/mol. The number of aromatic nitrogens is 2. The van der Waals surface area contributed by atoms with Gasteiger partial charge in [0.05, 0.1) is 29.8 Å². The lowest BCUT2D eigenvalue weighted by molar-refractivity contribution is 0.0231. The van der Waals surface area contributed by atoms with Crippen LogP contribution >= 0.6 is 12.0 Å². The van der Waals surface area contributed by atoms with E-state index in [2.05, 4.69) is 9.49 Å². The molecule has 0 fully saturated rings. The van der Waals surface area contributed by atoms with Crippen LogP contribution in [0.3, 0.4) is 0 Å². The highest BCUT2D eigenvalue weighted by molar-refractivity contribution is 7.94. The molecule has 7 heteroatoms. The maximum absolute atomic E-state index is 11.9. The van der Waals surface area contributed by atoms with Crippen molar-refractivity contribution in [1.29, 1.82) is 5.26 Å². The molecule has 0 amide bonds. The largest absolute Gasteiger partial charge is 0.507 e. The van der Waals surface area contributed by atoms with Crippen LogP contribution in [-0.4, -0.2) is 14.9 Å². The van der Waals surface area contributed by atoms with Gasteiger partial charge in [-0.25, -0.2) is 0 Å². The van der Waals surface area contributed by atoms with Crippen molar-refractivity contribution in [2.75, 3.05) is 0 Å². The molecule has 0 unspecified atom stereocenters. The van der Waals surface area contributed by atoms with Crippen molar-refractivity contribution >= 4 is 12.0 Å². The number of hydrogen-bond acceptors (Lipinski definition) is 5. The number of rotatable bonds is 5. The van der Waals surface area contributed by atoms with E-state index in [0.29, 0.717) is 23.5 Å². The second-order valence-electron chi connectivity index (χ2n) is 5.84. The molecule has 0 bridgehead atoms. The molecule has 1 heterocycles. The fourth-order valence-electron chi connectivity index (χ4n) is 2.91. The van der Waals surface area contributed by atoms with Crippen LogP contribution in [0, 0.1) is 25.2 Å². The monoisotopic (exact) mass is 369 g/mol. The third kappa shape index (κ3) is 3.57. The smallest absolute Gasteiger partial charge is 0.133 e. The summed E-state index contributed by atoms with van der Waals surface area (Å²) in [4.78, 5) is 0.679. The van der Waals surface area contributed by atoms with Crippen LogP contribution in [0.4, 0.5) is 4.53 Å². The van der Waals surface area contributed by atoms with E-state index >= 15 is 0 Å². The predicted octanol–water partition coefficient (Wildman–Crippen LogP) is 4.70. The molecular formula is C19H16FN3O2S. The summed E-state index contributed by atoms with van der Waals surface area (Å²) in [5, 5.41) is 23.5. The Morgan fingerprint density at radius 1 is 1.23 bits per heavy atom. The topological polar surface area (TPSA) is 71.1 Å². The van der Waals surface area contributed by atoms with Gasteiger partial charge in [0.2, 0.25) is 0 Å². The highest BCUT2D eigenvalue weighted by Gasteiger charge is 2.15. The van der Waals surface area contributed by atoms with Crippen LogP contribution in [0.25, 0.3) is 11.1 Å². The number of benzene rings is 2. The van der Waals surface area contributed by atoms with Crippen molar-refractivity contribution in [3.8, 4) is 22.9 Å². The Morgan fingerprint density at radius 3 is 2.58 bits per heavy atom. The number of nitrogens with zero attached hydrogens (tertiary/aromatic N) is 3. The van der Waals surface area contributed by atoms with Crippen LogP contribution in [0.5, 0.6) is 5.75 Å². The fourth-order valence-corrected chi connectivity index (χ4v) is 3.23. The third-order valence-electron chi connectivity index (χ3n) is 4.17. The van der Waals surface area contributed by atoms with Crippen molar-refractivity contribution in [1.82, 2.24) is 9.78 Å². The van der Waals surface area contributed by atoms with Crippen molar-refractivity contribution < 1.29 is 14.0 Å². The zero-order valence-corrected chi connectivity index (χ0v) is 15.0. The molecule has 0 aliphatic rings. The summed E-state index contributed by atoms with van der Waals surface area (Å²) in [6.07, 6.45) is 0. The zero-order valence-electron chi connectivity index (χ0n) is 14.2. The summed E-state index contributed by atoms with van der Waals surface area (Å²) in [6.45, 7) is 4.44. The number of aryl methyl sites for hydroxylation is 1. The van der Waals surface area contributed by atoms with E-state index in [1.165, 1.54) is 0 Å². The predicted molar refractivity (Wildman–Crippen MR) is 97.1 cm³/mol. The summed E-state index contributed by atoms with van der Waals surface area (Å²) in [6, 6.07) is 14.3. The van der Waals surface area contributed by atoms with Crippen molar-refractivity contribution in [3.63, 3.8) is 0 Å². The molecule has 3 rings (SSSR count). The van der Waals surface area contributed by atoms with E-state index in [4.69, 9.17) is 5.26 Å². The van der Waals surface area contributed by atoms with Crippen LogP contribution in [0.15, 0.2) is 47.4 Å². The second kappa shape index (κ2) is 7.60. The summed E-state index contributed by atoms with van der Waals surface area (Å²) in [5.74, 6) is -0.0419. The van der Waals surface area contributed by atoms with Gasteiger partial charge in [-0.3, -0.25) is 4.68 Å². The number of nitriles is 1. The molecule has 0 radical (unpaired) electrons. The van der Waals surface area contributed by atoms with E-state index in [1.807, 2.05) is 42.8 Å². The molecule has 1 aromatic heterocycles. The van der Waals surface area contributed by atoms with E-state index in [0.717, 1.165) is 28.1 Å². The lowest BCUT2D eigenvalue weighted by atomic mass is 10.0. The minimum Gasteiger partial charge on any atom is -0.507 e. The SMILES string of the molecule is Cc1nn(Cc2ccc(SOF)cc2)c(C)c1-c1ccc(C#N)c(O)c1. The molecule has 5 nitrogen and oxygen atoms in total.